The van der Waals surface area contributed by atoms with Crippen LogP contribution in [0.25, 0.3) is 10.9 Å². The minimum atomic E-state index is 0.125. The van der Waals surface area contributed by atoms with Gasteiger partial charge in [0.1, 0.15) is 5.69 Å². The van der Waals surface area contributed by atoms with Crippen molar-refractivity contribution in [3.8, 4) is 0 Å². The maximum Gasteiger partial charge on any atom is 0.270 e. The van der Waals surface area contributed by atoms with Crippen molar-refractivity contribution in [2.45, 2.75) is 51.2 Å². The summed E-state index contributed by atoms with van der Waals surface area (Å²) < 4.78 is 0. The molecule has 2 atom stereocenters. The van der Waals surface area contributed by atoms with Crippen LogP contribution >= 0.6 is 0 Å². The second-order valence-electron chi connectivity index (χ2n) is 8.24. The SMILES string of the molecule is CCN(C(=O)c1cc2ccccc2[nH]1)C1CCC[C@@H](N(C)Cc2ccccc2)C1. The van der Waals surface area contributed by atoms with E-state index in [2.05, 4.69) is 59.1 Å². The second-order valence-corrected chi connectivity index (χ2v) is 8.24. The molecule has 1 amide bonds. The Hall–Kier alpha value is -2.59. The summed E-state index contributed by atoms with van der Waals surface area (Å²) in [5.74, 6) is 0.125. The van der Waals surface area contributed by atoms with Crippen molar-refractivity contribution in [2.24, 2.45) is 0 Å². The first kappa shape index (κ1) is 19.7. The number of carbonyl (C=O) groups excluding carboxylic acids is 1. The number of aromatic nitrogens is 1. The lowest BCUT2D eigenvalue weighted by atomic mass is 9.88. The van der Waals surface area contributed by atoms with Crippen LogP contribution in [0.3, 0.4) is 0 Å². The molecule has 1 saturated carbocycles. The van der Waals surface area contributed by atoms with Gasteiger partial charge in [-0.1, -0.05) is 48.5 Å². The molecule has 1 aliphatic carbocycles. The number of hydrogen-bond donors (Lipinski definition) is 1. The molecule has 2 aromatic carbocycles. The number of H-pyrrole nitrogens is 1. The molecule has 4 heteroatoms. The molecule has 4 nitrogen and oxygen atoms in total. The van der Waals surface area contributed by atoms with Gasteiger partial charge in [-0.3, -0.25) is 9.69 Å². The molecule has 0 bridgehead atoms. The summed E-state index contributed by atoms with van der Waals surface area (Å²) in [6.45, 7) is 3.80. The number of aromatic amines is 1. The van der Waals surface area contributed by atoms with Crippen molar-refractivity contribution < 1.29 is 4.79 Å². The molecule has 1 N–H and O–H groups in total. The fourth-order valence-electron chi connectivity index (χ4n) is 4.73. The van der Waals surface area contributed by atoms with Crippen molar-refractivity contribution in [3.05, 3.63) is 71.9 Å². The van der Waals surface area contributed by atoms with E-state index in [1.807, 2.05) is 30.3 Å². The number of hydrogen-bond acceptors (Lipinski definition) is 2. The van der Waals surface area contributed by atoms with E-state index < -0.39 is 0 Å². The molecule has 0 radical (unpaired) electrons. The van der Waals surface area contributed by atoms with Gasteiger partial charge in [-0.05, 0) is 57.4 Å². The fourth-order valence-corrected chi connectivity index (χ4v) is 4.73. The van der Waals surface area contributed by atoms with Crippen LogP contribution in [0.2, 0.25) is 0 Å². The number of nitrogens with zero attached hydrogens (tertiary/aromatic N) is 2. The van der Waals surface area contributed by atoms with Crippen LogP contribution in [-0.4, -0.2) is 46.4 Å². The third-order valence-electron chi connectivity index (χ3n) is 6.32. The van der Waals surface area contributed by atoms with E-state index >= 15 is 0 Å². The molecule has 1 aliphatic rings. The lowest BCUT2D eigenvalue weighted by Gasteiger charge is -2.40. The smallest absolute Gasteiger partial charge is 0.270 e. The van der Waals surface area contributed by atoms with Gasteiger partial charge in [0.05, 0.1) is 0 Å². The fraction of sp³-hybridized carbons (Fsp3) is 0.400. The first-order valence-electron chi connectivity index (χ1n) is 10.8. The molecule has 152 valence electrons. The minimum absolute atomic E-state index is 0.125. The van der Waals surface area contributed by atoms with Crippen LogP contribution in [-0.2, 0) is 6.54 Å². The van der Waals surface area contributed by atoms with Gasteiger partial charge < -0.3 is 9.88 Å². The van der Waals surface area contributed by atoms with Gasteiger partial charge in [0.15, 0.2) is 0 Å². The topological polar surface area (TPSA) is 39.3 Å². The average Bonchev–Trinajstić information content (AvgIpc) is 3.19. The standard InChI is InChI=1S/C25H31N3O/c1-3-28(25(29)24-16-20-12-7-8-15-23(20)26-24)22-14-9-13-21(17-22)27(2)18-19-10-5-4-6-11-19/h4-8,10-12,15-16,21-22,26H,3,9,13-14,17-18H2,1-2H3/t21-,22?/m1/s1. The molecule has 0 spiro atoms. The van der Waals surface area contributed by atoms with E-state index in [4.69, 9.17) is 0 Å². The molecule has 1 unspecified atom stereocenters. The normalized spacial score (nSPS) is 19.6. The van der Waals surface area contributed by atoms with Crippen LogP contribution in [0.1, 0.15) is 48.7 Å². The van der Waals surface area contributed by atoms with Crippen molar-refractivity contribution in [1.82, 2.24) is 14.8 Å². The first-order valence-corrected chi connectivity index (χ1v) is 10.8. The first-order chi connectivity index (χ1) is 14.2. The zero-order valence-electron chi connectivity index (χ0n) is 17.5. The maximum atomic E-state index is 13.3. The number of para-hydroxylation sites is 1. The second kappa shape index (κ2) is 8.83. The van der Waals surface area contributed by atoms with Gasteiger partial charge in [-0.2, -0.15) is 0 Å². The van der Waals surface area contributed by atoms with E-state index in [0.717, 1.165) is 36.8 Å². The van der Waals surface area contributed by atoms with Crippen LogP contribution < -0.4 is 0 Å². The number of fused-ring (bicyclic) bond motifs is 1. The highest BCUT2D eigenvalue weighted by Crippen LogP contribution is 2.28. The maximum absolute atomic E-state index is 13.3. The zero-order valence-corrected chi connectivity index (χ0v) is 17.5. The van der Waals surface area contributed by atoms with Crippen molar-refractivity contribution >= 4 is 16.8 Å². The van der Waals surface area contributed by atoms with Crippen LogP contribution in [0.5, 0.6) is 0 Å². The number of carbonyl (C=O) groups is 1. The van der Waals surface area contributed by atoms with E-state index in [-0.39, 0.29) is 5.91 Å². The molecule has 29 heavy (non-hydrogen) atoms. The van der Waals surface area contributed by atoms with Crippen molar-refractivity contribution in [2.75, 3.05) is 13.6 Å². The Morgan fingerprint density at radius 1 is 1.03 bits per heavy atom. The number of amides is 1. The summed E-state index contributed by atoms with van der Waals surface area (Å²) in [7, 11) is 2.22. The van der Waals surface area contributed by atoms with E-state index in [1.165, 1.54) is 18.4 Å². The number of rotatable bonds is 6. The molecule has 0 aliphatic heterocycles. The summed E-state index contributed by atoms with van der Waals surface area (Å²) in [6.07, 6.45) is 4.52. The molecular formula is C25H31N3O. The largest absolute Gasteiger partial charge is 0.351 e. The van der Waals surface area contributed by atoms with Crippen LogP contribution in [0.15, 0.2) is 60.7 Å². The lowest BCUT2D eigenvalue weighted by Crippen LogP contribution is -2.47. The summed E-state index contributed by atoms with van der Waals surface area (Å²) >= 11 is 0. The monoisotopic (exact) mass is 389 g/mol. The van der Waals surface area contributed by atoms with Gasteiger partial charge >= 0.3 is 0 Å². The van der Waals surface area contributed by atoms with Gasteiger partial charge in [-0.25, -0.2) is 0 Å². The average molecular weight is 390 g/mol. The molecular weight excluding hydrogens is 358 g/mol. The van der Waals surface area contributed by atoms with E-state index in [0.29, 0.717) is 17.8 Å². The molecule has 1 fully saturated rings. The Morgan fingerprint density at radius 2 is 1.76 bits per heavy atom. The molecule has 1 aromatic heterocycles. The molecule has 1 heterocycles. The lowest BCUT2D eigenvalue weighted by molar-refractivity contribution is 0.0557. The van der Waals surface area contributed by atoms with Gasteiger partial charge in [-0.15, -0.1) is 0 Å². The van der Waals surface area contributed by atoms with Gasteiger partial charge in [0.25, 0.3) is 5.91 Å². The summed E-state index contributed by atoms with van der Waals surface area (Å²) in [5.41, 5.74) is 3.07. The molecule has 3 aromatic rings. The zero-order chi connectivity index (χ0) is 20.2. The Kier molecular flexibility index (Phi) is 6.00. The predicted molar refractivity (Wildman–Crippen MR) is 119 cm³/mol. The quantitative estimate of drug-likeness (QED) is 0.639. The highest BCUT2D eigenvalue weighted by Gasteiger charge is 2.31. The van der Waals surface area contributed by atoms with Gasteiger partial charge in [0.2, 0.25) is 0 Å². The number of benzene rings is 2. The van der Waals surface area contributed by atoms with E-state index in [1.54, 1.807) is 0 Å². The summed E-state index contributed by atoms with van der Waals surface area (Å²) in [6, 6.07) is 21.5. The Morgan fingerprint density at radius 3 is 2.52 bits per heavy atom. The third kappa shape index (κ3) is 4.38. The Bertz CT molecular complexity index is 916. The van der Waals surface area contributed by atoms with Crippen molar-refractivity contribution in [1.29, 1.82) is 0 Å². The third-order valence-corrected chi connectivity index (χ3v) is 6.32. The highest BCUT2D eigenvalue weighted by molar-refractivity contribution is 5.98. The Balaban J connectivity index is 1.46. The van der Waals surface area contributed by atoms with Crippen molar-refractivity contribution in [3.63, 3.8) is 0 Å². The molecule has 4 rings (SSSR count). The minimum Gasteiger partial charge on any atom is -0.351 e. The number of nitrogens with one attached hydrogen (secondary N) is 1. The van der Waals surface area contributed by atoms with Crippen LogP contribution in [0.4, 0.5) is 0 Å². The Labute approximate surface area is 173 Å². The summed E-state index contributed by atoms with van der Waals surface area (Å²) in [4.78, 5) is 21.1. The summed E-state index contributed by atoms with van der Waals surface area (Å²) in [5, 5.41) is 1.09. The molecule has 0 saturated heterocycles. The van der Waals surface area contributed by atoms with Gasteiger partial charge in [0, 0.05) is 36.1 Å². The highest BCUT2D eigenvalue weighted by atomic mass is 16.2. The predicted octanol–water partition coefficient (Wildman–Crippen LogP) is 5.07. The van der Waals surface area contributed by atoms with E-state index in [9.17, 15) is 4.79 Å². The van der Waals surface area contributed by atoms with Crippen LogP contribution in [0, 0.1) is 0 Å².